The molecule has 3 aliphatic rings. The first-order chi connectivity index (χ1) is 13.4. The van der Waals surface area contributed by atoms with E-state index in [2.05, 4.69) is 43.9 Å². The largest absolute Gasteiger partial charge is 0.342 e. The summed E-state index contributed by atoms with van der Waals surface area (Å²) in [6.45, 7) is 7.53. The topological polar surface area (TPSA) is 37.4 Å². The Kier molecular flexibility index (Phi) is 4.91. The minimum atomic E-state index is -0.00362. The van der Waals surface area contributed by atoms with E-state index in [9.17, 15) is 9.59 Å². The molecule has 0 aromatic heterocycles. The summed E-state index contributed by atoms with van der Waals surface area (Å²) in [4.78, 5) is 27.4. The van der Waals surface area contributed by atoms with Crippen molar-refractivity contribution in [2.75, 3.05) is 13.1 Å². The van der Waals surface area contributed by atoms with Crippen molar-refractivity contribution in [1.29, 1.82) is 0 Å². The van der Waals surface area contributed by atoms with Crippen molar-refractivity contribution in [3.63, 3.8) is 0 Å². The van der Waals surface area contributed by atoms with Gasteiger partial charge in [0.25, 0.3) is 0 Å². The number of hydrogen-bond donors (Lipinski definition) is 0. The summed E-state index contributed by atoms with van der Waals surface area (Å²) in [5.41, 5.74) is 4.96. The van der Waals surface area contributed by atoms with Crippen LogP contribution in [0.25, 0.3) is 5.57 Å². The van der Waals surface area contributed by atoms with E-state index in [-0.39, 0.29) is 17.1 Å². The molecule has 1 aliphatic heterocycles. The molecular formula is C25H28NO2. The average molecular weight is 375 g/mol. The number of hydrogen-bond acceptors (Lipinski definition) is 2. The van der Waals surface area contributed by atoms with Gasteiger partial charge in [0.05, 0.1) is 0 Å². The van der Waals surface area contributed by atoms with Crippen molar-refractivity contribution in [3.8, 4) is 11.8 Å². The second kappa shape index (κ2) is 7.24. The lowest BCUT2D eigenvalue weighted by Crippen LogP contribution is -2.45. The highest BCUT2D eigenvalue weighted by Crippen LogP contribution is 2.45. The number of carbonyl (C=O) groups is 2. The van der Waals surface area contributed by atoms with Gasteiger partial charge in [-0.3, -0.25) is 9.59 Å². The van der Waals surface area contributed by atoms with Crippen LogP contribution in [-0.2, 0) is 9.59 Å². The Morgan fingerprint density at radius 1 is 1.18 bits per heavy atom. The Bertz CT molecular complexity index is 893. The van der Waals surface area contributed by atoms with Gasteiger partial charge in [0.15, 0.2) is 5.78 Å². The molecular weight excluding hydrogens is 346 g/mol. The number of nitrogens with zero attached hydrogens (tertiary/aromatic N) is 1. The monoisotopic (exact) mass is 374 g/mol. The van der Waals surface area contributed by atoms with Gasteiger partial charge in [0.2, 0.25) is 5.91 Å². The number of benzene rings is 1. The van der Waals surface area contributed by atoms with E-state index in [1.165, 1.54) is 0 Å². The molecule has 1 aromatic carbocycles. The van der Waals surface area contributed by atoms with Crippen LogP contribution in [0.3, 0.4) is 0 Å². The molecule has 1 amide bonds. The lowest BCUT2D eigenvalue weighted by molar-refractivity contribution is -0.135. The van der Waals surface area contributed by atoms with E-state index < -0.39 is 0 Å². The molecule has 3 nitrogen and oxygen atoms in total. The highest BCUT2D eigenvalue weighted by Gasteiger charge is 2.42. The van der Waals surface area contributed by atoms with Crippen LogP contribution in [0.2, 0.25) is 0 Å². The van der Waals surface area contributed by atoms with Crippen LogP contribution in [0.5, 0.6) is 0 Å². The molecule has 1 saturated heterocycles. The standard InChI is InChI=1S/C25H28NO2/c1-4-5-19-14-17(2)23(18(3)15-19)21-8-9-25(16-22(21)27)10-12-26(13-11-25)24(28)20-6-7-20/h14-15,20H,6-7,9-13,16H2,1-3H3. The molecule has 1 radical (unpaired) electrons. The van der Waals surface area contributed by atoms with Crippen molar-refractivity contribution < 1.29 is 9.59 Å². The van der Waals surface area contributed by atoms with E-state index in [4.69, 9.17) is 0 Å². The fourth-order valence-electron chi connectivity index (χ4n) is 4.81. The molecule has 3 heteroatoms. The van der Waals surface area contributed by atoms with Crippen LogP contribution < -0.4 is 0 Å². The molecule has 0 atom stereocenters. The number of aryl methyl sites for hydroxylation is 2. The molecule has 1 saturated carbocycles. The number of carbonyl (C=O) groups excluding carboxylic acids is 2. The normalized spacial score (nSPS) is 21.2. The number of allylic oxidation sites excluding steroid dienone is 2. The van der Waals surface area contributed by atoms with Gasteiger partial charge in [-0.05, 0) is 93.2 Å². The van der Waals surface area contributed by atoms with Gasteiger partial charge in [-0.25, -0.2) is 0 Å². The summed E-state index contributed by atoms with van der Waals surface area (Å²) in [5.74, 6) is 6.86. The summed E-state index contributed by atoms with van der Waals surface area (Å²) in [7, 11) is 0. The van der Waals surface area contributed by atoms with E-state index in [1.807, 2.05) is 11.8 Å². The highest BCUT2D eigenvalue weighted by atomic mass is 16.2. The van der Waals surface area contributed by atoms with Crippen LogP contribution in [-0.4, -0.2) is 29.7 Å². The van der Waals surface area contributed by atoms with Gasteiger partial charge < -0.3 is 4.90 Å². The predicted octanol–water partition coefficient (Wildman–Crippen LogP) is 4.24. The van der Waals surface area contributed by atoms with Crippen LogP contribution >= 0.6 is 0 Å². The zero-order valence-electron chi connectivity index (χ0n) is 17.2. The Balaban J connectivity index is 1.52. The Morgan fingerprint density at radius 2 is 1.82 bits per heavy atom. The third-order valence-electron chi connectivity index (χ3n) is 6.57. The van der Waals surface area contributed by atoms with Gasteiger partial charge in [0, 0.05) is 36.6 Å². The average Bonchev–Trinajstić information content (AvgIpc) is 3.49. The van der Waals surface area contributed by atoms with Gasteiger partial charge in [-0.2, -0.15) is 0 Å². The first kappa shape index (κ1) is 19.0. The molecule has 1 heterocycles. The number of piperidine rings is 1. The predicted molar refractivity (Wildman–Crippen MR) is 110 cm³/mol. The fourth-order valence-corrected chi connectivity index (χ4v) is 4.81. The maximum atomic E-state index is 13.1. The first-order valence-electron chi connectivity index (χ1n) is 10.4. The van der Waals surface area contributed by atoms with Crippen LogP contribution in [0, 0.1) is 43.1 Å². The van der Waals surface area contributed by atoms with Crippen molar-refractivity contribution in [2.45, 2.75) is 59.3 Å². The molecule has 1 aromatic rings. The van der Waals surface area contributed by atoms with E-state index in [0.29, 0.717) is 12.3 Å². The minimum Gasteiger partial charge on any atom is -0.342 e. The zero-order chi connectivity index (χ0) is 19.9. The summed E-state index contributed by atoms with van der Waals surface area (Å²) in [6, 6.07) is 4.13. The Hall–Kier alpha value is -2.34. The lowest BCUT2D eigenvalue weighted by atomic mass is 9.67. The third-order valence-corrected chi connectivity index (χ3v) is 6.57. The van der Waals surface area contributed by atoms with Crippen molar-refractivity contribution in [3.05, 3.63) is 40.5 Å². The summed E-state index contributed by atoms with van der Waals surface area (Å²) in [5, 5.41) is 0. The quantitative estimate of drug-likeness (QED) is 0.726. The summed E-state index contributed by atoms with van der Waals surface area (Å²) < 4.78 is 0. The molecule has 2 aliphatic carbocycles. The van der Waals surface area contributed by atoms with Crippen LogP contribution in [0.4, 0.5) is 0 Å². The van der Waals surface area contributed by atoms with Crippen LogP contribution in [0.1, 0.15) is 67.7 Å². The molecule has 0 bridgehead atoms. The maximum absolute atomic E-state index is 13.1. The van der Waals surface area contributed by atoms with Gasteiger partial charge in [-0.1, -0.05) is 5.92 Å². The SMILES string of the molecule is CC#Cc1cc(C)c(C2=[C]CC3(CCN(C(=O)C4CC4)CC3)CC2=O)c(C)c1. The van der Waals surface area contributed by atoms with Gasteiger partial charge >= 0.3 is 0 Å². The highest BCUT2D eigenvalue weighted by molar-refractivity contribution is 6.21. The second-order valence-corrected chi connectivity index (χ2v) is 8.79. The molecule has 0 N–H and O–H groups in total. The third kappa shape index (κ3) is 3.53. The smallest absolute Gasteiger partial charge is 0.225 e. The number of likely N-dealkylation sites (tertiary alicyclic amines) is 1. The van der Waals surface area contributed by atoms with Crippen molar-refractivity contribution >= 4 is 17.3 Å². The number of rotatable bonds is 2. The molecule has 28 heavy (non-hydrogen) atoms. The Morgan fingerprint density at radius 3 is 2.36 bits per heavy atom. The number of amides is 1. The van der Waals surface area contributed by atoms with Crippen molar-refractivity contribution in [2.24, 2.45) is 11.3 Å². The molecule has 2 fully saturated rings. The first-order valence-corrected chi connectivity index (χ1v) is 10.4. The minimum absolute atomic E-state index is 0.00362. The van der Waals surface area contributed by atoms with E-state index in [1.54, 1.807) is 0 Å². The lowest BCUT2D eigenvalue weighted by Gasteiger charge is -2.43. The van der Waals surface area contributed by atoms with E-state index >= 15 is 0 Å². The molecule has 1 spiro atoms. The fraction of sp³-hybridized carbons (Fsp3) is 0.520. The van der Waals surface area contributed by atoms with Crippen molar-refractivity contribution in [1.82, 2.24) is 4.90 Å². The summed E-state index contributed by atoms with van der Waals surface area (Å²) >= 11 is 0. The molecule has 145 valence electrons. The summed E-state index contributed by atoms with van der Waals surface area (Å²) in [6.07, 6.45) is 8.83. The van der Waals surface area contributed by atoms with Gasteiger partial charge in [0.1, 0.15) is 0 Å². The zero-order valence-corrected chi connectivity index (χ0v) is 17.2. The van der Waals surface area contributed by atoms with Crippen LogP contribution in [0.15, 0.2) is 12.1 Å². The maximum Gasteiger partial charge on any atom is 0.225 e. The van der Waals surface area contributed by atoms with E-state index in [0.717, 1.165) is 73.0 Å². The van der Waals surface area contributed by atoms with Gasteiger partial charge in [-0.15, -0.1) is 5.92 Å². The second-order valence-electron chi connectivity index (χ2n) is 8.79. The molecule has 0 unspecified atom stereocenters. The number of Topliss-reactive ketones (excluding diaryl/α,β-unsaturated/α-hetero) is 1. The Labute approximate surface area is 168 Å². The number of ketones is 1. The molecule has 4 rings (SSSR count).